The zero-order valence-electron chi connectivity index (χ0n) is 12.5. The largest absolute Gasteiger partial charge is 0.462 e. The molecule has 0 spiro atoms. The fourth-order valence-corrected chi connectivity index (χ4v) is 2.16. The molecular weight excluding hydrogens is 213 g/mol. The summed E-state index contributed by atoms with van der Waals surface area (Å²) in [6, 6.07) is 0. The van der Waals surface area contributed by atoms with Crippen LogP contribution < -0.4 is 5.73 Å². The number of nitrogens with two attached hydrogens (primary N) is 1. The molecule has 0 amide bonds. The zero-order chi connectivity index (χ0) is 13.5. The van der Waals surface area contributed by atoms with Gasteiger partial charge in [-0.3, -0.25) is 0 Å². The first-order valence-corrected chi connectivity index (χ1v) is 6.54. The highest BCUT2D eigenvalue weighted by Crippen LogP contribution is 2.42. The molecule has 0 aromatic carbocycles. The number of hydrogen-bond donors (Lipinski definition) is 1. The van der Waals surface area contributed by atoms with E-state index in [0.717, 1.165) is 6.42 Å². The van der Waals surface area contributed by atoms with Crippen molar-refractivity contribution in [2.45, 2.75) is 71.9 Å². The van der Waals surface area contributed by atoms with Gasteiger partial charge < -0.3 is 15.0 Å². The summed E-state index contributed by atoms with van der Waals surface area (Å²) in [7, 11) is -0.177. The van der Waals surface area contributed by atoms with Gasteiger partial charge in [0.2, 0.25) is 0 Å². The minimum absolute atomic E-state index is 0.177. The van der Waals surface area contributed by atoms with Crippen molar-refractivity contribution in [1.82, 2.24) is 0 Å². The van der Waals surface area contributed by atoms with Crippen molar-refractivity contribution >= 4 is 7.12 Å². The highest BCUT2D eigenvalue weighted by Gasteiger charge is 2.53. The maximum Gasteiger partial charge on any atom is 0.462 e. The molecule has 0 aliphatic carbocycles. The molecule has 3 nitrogen and oxygen atoms in total. The summed E-state index contributed by atoms with van der Waals surface area (Å²) in [6.07, 6.45) is 1.01. The number of hydrogen-bond acceptors (Lipinski definition) is 3. The second kappa shape index (κ2) is 4.56. The normalized spacial score (nSPS) is 25.1. The van der Waals surface area contributed by atoms with Gasteiger partial charge in [-0.2, -0.15) is 0 Å². The van der Waals surface area contributed by atoms with E-state index in [9.17, 15) is 0 Å². The van der Waals surface area contributed by atoms with Crippen molar-refractivity contribution in [3.63, 3.8) is 0 Å². The van der Waals surface area contributed by atoms with E-state index >= 15 is 0 Å². The summed E-state index contributed by atoms with van der Waals surface area (Å²) in [5.41, 5.74) is 5.60. The summed E-state index contributed by atoms with van der Waals surface area (Å²) in [5, 5.41) is 0. The van der Waals surface area contributed by atoms with Gasteiger partial charge in [-0.15, -0.1) is 0 Å². The van der Waals surface area contributed by atoms with Crippen LogP contribution in [0, 0.1) is 5.41 Å². The molecule has 0 aromatic heterocycles. The standard InChI is InChI=1S/C13H28BNO2/c1-11(2,3)8-10(9-15)14-16-12(4,5)13(6,7)17-14/h10H,8-9,15H2,1-7H3/t10-/m0/s1. The Morgan fingerprint density at radius 1 is 1.06 bits per heavy atom. The minimum Gasteiger partial charge on any atom is -0.403 e. The first-order valence-electron chi connectivity index (χ1n) is 6.54. The van der Waals surface area contributed by atoms with Crippen LogP contribution in [-0.2, 0) is 9.31 Å². The molecular formula is C13H28BNO2. The Bertz CT molecular complexity index is 255. The van der Waals surface area contributed by atoms with Gasteiger partial charge >= 0.3 is 7.12 Å². The molecule has 1 aliphatic heterocycles. The molecule has 1 rings (SSSR count). The Kier molecular flexibility index (Phi) is 4.02. The molecule has 1 saturated heterocycles. The molecule has 4 heteroatoms. The lowest BCUT2D eigenvalue weighted by Gasteiger charge is -2.32. The minimum atomic E-state index is -0.261. The van der Waals surface area contributed by atoms with E-state index in [1.807, 2.05) is 0 Å². The van der Waals surface area contributed by atoms with Crippen molar-refractivity contribution in [3.05, 3.63) is 0 Å². The molecule has 0 aromatic rings. The maximum absolute atomic E-state index is 6.06. The van der Waals surface area contributed by atoms with Crippen LogP contribution in [0.2, 0.25) is 5.82 Å². The maximum atomic E-state index is 6.06. The Labute approximate surface area is 107 Å². The van der Waals surface area contributed by atoms with Gasteiger partial charge in [-0.05, 0) is 46.1 Å². The SMILES string of the molecule is CC(C)(C)C[C@@H](CN)B1OC(C)(C)C(C)(C)O1. The van der Waals surface area contributed by atoms with Crippen LogP contribution in [0.1, 0.15) is 54.9 Å². The molecule has 2 N–H and O–H groups in total. The molecule has 0 unspecified atom stereocenters. The second-order valence-electron chi connectivity index (χ2n) is 7.39. The molecule has 0 saturated carbocycles. The third-order valence-corrected chi connectivity index (χ3v) is 3.83. The summed E-state index contributed by atoms with van der Waals surface area (Å²) in [5.74, 6) is 0.260. The molecule has 17 heavy (non-hydrogen) atoms. The van der Waals surface area contributed by atoms with Crippen molar-refractivity contribution in [3.8, 4) is 0 Å². The van der Waals surface area contributed by atoms with E-state index in [4.69, 9.17) is 15.0 Å². The van der Waals surface area contributed by atoms with E-state index in [1.54, 1.807) is 0 Å². The van der Waals surface area contributed by atoms with E-state index in [0.29, 0.717) is 6.54 Å². The lowest BCUT2D eigenvalue weighted by atomic mass is 9.65. The van der Waals surface area contributed by atoms with Crippen molar-refractivity contribution in [1.29, 1.82) is 0 Å². The third-order valence-electron chi connectivity index (χ3n) is 3.83. The van der Waals surface area contributed by atoms with Crippen LogP contribution in [0.15, 0.2) is 0 Å². The quantitative estimate of drug-likeness (QED) is 0.772. The predicted octanol–water partition coefficient (Wildman–Crippen LogP) is 2.84. The second-order valence-corrected chi connectivity index (χ2v) is 7.39. The smallest absolute Gasteiger partial charge is 0.403 e. The van der Waals surface area contributed by atoms with Crippen molar-refractivity contribution in [2.75, 3.05) is 6.54 Å². The monoisotopic (exact) mass is 241 g/mol. The summed E-state index contributed by atoms with van der Waals surface area (Å²) in [4.78, 5) is 0. The van der Waals surface area contributed by atoms with Crippen LogP contribution in [0.4, 0.5) is 0 Å². The average molecular weight is 241 g/mol. The first-order chi connectivity index (χ1) is 7.48. The highest BCUT2D eigenvalue weighted by molar-refractivity contribution is 6.47. The van der Waals surface area contributed by atoms with Gasteiger partial charge in [0.1, 0.15) is 0 Å². The van der Waals surface area contributed by atoms with Crippen LogP contribution in [-0.4, -0.2) is 24.9 Å². The van der Waals surface area contributed by atoms with Crippen LogP contribution in [0.25, 0.3) is 0 Å². The molecule has 100 valence electrons. The van der Waals surface area contributed by atoms with Crippen LogP contribution in [0.3, 0.4) is 0 Å². The average Bonchev–Trinajstić information content (AvgIpc) is 2.30. The van der Waals surface area contributed by atoms with Crippen LogP contribution in [0.5, 0.6) is 0 Å². The van der Waals surface area contributed by atoms with Crippen molar-refractivity contribution in [2.24, 2.45) is 11.1 Å². The van der Waals surface area contributed by atoms with Crippen molar-refractivity contribution < 1.29 is 9.31 Å². The van der Waals surface area contributed by atoms with Gasteiger partial charge in [0.25, 0.3) is 0 Å². The Hall–Kier alpha value is -0.0551. The molecule has 1 fully saturated rings. The summed E-state index contributed by atoms with van der Waals surface area (Å²) < 4.78 is 12.1. The summed E-state index contributed by atoms with van der Waals surface area (Å²) in [6.45, 7) is 15.6. The van der Waals surface area contributed by atoms with E-state index in [-0.39, 0.29) is 29.6 Å². The Balaban J connectivity index is 2.74. The molecule has 1 atom stereocenters. The fourth-order valence-electron chi connectivity index (χ4n) is 2.16. The van der Waals surface area contributed by atoms with Gasteiger partial charge in [0.05, 0.1) is 11.2 Å². The van der Waals surface area contributed by atoms with E-state index in [2.05, 4.69) is 48.5 Å². The van der Waals surface area contributed by atoms with Gasteiger partial charge in [-0.1, -0.05) is 20.8 Å². The molecule has 1 aliphatic rings. The van der Waals surface area contributed by atoms with E-state index < -0.39 is 0 Å². The molecule has 0 radical (unpaired) electrons. The van der Waals surface area contributed by atoms with Gasteiger partial charge in [-0.25, -0.2) is 0 Å². The Morgan fingerprint density at radius 3 is 1.76 bits per heavy atom. The molecule has 0 bridgehead atoms. The topological polar surface area (TPSA) is 44.5 Å². The zero-order valence-corrected chi connectivity index (χ0v) is 12.5. The number of rotatable bonds is 3. The fraction of sp³-hybridized carbons (Fsp3) is 1.00. The van der Waals surface area contributed by atoms with E-state index in [1.165, 1.54) is 0 Å². The van der Waals surface area contributed by atoms with Crippen LogP contribution >= 0.6 is 0 Å². The predicted molar refractivity (Wildman–Crippen MR) is 73.0 cm³/mol. The lowest BCUT2D eigenvalue weighted by Crippen LogP contribution is -2.41. The molecule has 1 heterocycles. The van der Waals surface area contributed by atoms with Gasteiger partial charge in [0, 0.05) is 5.82 Å². The lowest BCUT2D eigenvalue weighted by molar-refractivity contribution is 0.00578. The third kappa shape index (κ3) is 3.46. The van der Waals surface area contributed by atoms with Gasteiger partial charge in [0.15, 0.2) is 0 Å². The Morgan fingerprint density at radius 2 is 1.47 bits per heavy atom. The first kappa shape index (κ1) is 15.0. The summed E-state index contributed by atoms with van der Waals surface area (Å²) >= 11 is 0. The highest BCUT2D eigenvalue weighted by atomic mass is 16.7.